The summed E-state index contributed by atoms with van der Waals surface area (Å²) in [5, 5.41) is 3.02. The molecule has 1 aliphatic rings. The Kier molecular flexibility index (Phi) is 7.64. The number of hydrogen-bond acceptors (Lipinski definition) is 3. The minimum absolute atomic E-state index is 0.152. The van der Waals surface area contributed by atoms with Crippen molar-refractivity contribution in [1.29, 1.82) is 0 Å². The summed E-state index contributed by atoms with van der Waals surface area (Å²) in [6.45, 7) is 1.23. The minimum Gasteiger partial charge on any atom is -0.341 e. The molecule has 0 saturated heterocycles. The lowest BCUT2D eigenvalue weighted by molar-refractivity contribution is -0.135. The highest BCUT2D eigenvalue weighted by atomic mass is 16.2. The van der Waals surface area contributed by atoms with Gasteiger partial charge in [-0.25, -0.2) is 4.98 Å². The summed E-state index contributed by atoms with van der Waals surface area (Å²) in [5.74, 6) is 0.741. The largest absolute Gasteiger partial charge is 0.341 e. The SMILES string of the molecule is CN(Cc1ccc2nc(NC(=O)c3ccccc3)n(CCc3ccccc3)c2c1)C(=O)C1CCCCC1. The van der Waals surface area contributed by atoms with Crippen molar-refractivity contribution in [2.24, 2.45) is 5.92 Å². The number of aromatic nitrogens is 2. The second-order valence-electron chi connectivity index (χ2n) is 10.00. The number of rotatable bonds is 8. The van der Waals surface area contributed by atoms with Crippen LogP contribution in [0.4, 0.5) is 5.95 Å². The zero-order valence-electron chi connectivity index (χ0n) is 21.4. The standard InChI is InChI=1S/C31H34N4O2/c1-34(30(37)26-15-9-4-10-16-26)22-24-17-18-27-28(21-24)35(20-19-23-11-5-2-6-12-23)31(32-27)33-29(36)25-13-7-3-8-14-25/h2-3,5-8,11-14,17-18,21,26H,4,9-10,15-16,19-20,22H2,1H3,(H,32,33,36). The van der Waals surface area contributed by atoms with Crippen LogP contribution in [0.15, 0.2) is 78.9 Å². The van der Waals surface area contributed by atoms with Crippen molar-refractivity contribution in [3.63, 3.8) is 0 Å². The minimum atomic E-state index is -0.185. The van der Waals surface area contributed by atoms with Crippen LogP contribution in [0.25, 0.3) is 11.0 Å². The molecule has 0 unspecified atom stereocenters. The van der Waals surface area contributed by atoms with Crippen LogP contribution in [0.2, 0.25) is 0 Å². The van der Waals surface area contributed by atoms with E-state index in [2.05, 4.69) is 28.1 Å². The highest BCUT2D eigenvalue weighted by molar-refractivity contribution is 6.04. The van der Waals surface area contributed by atoms with Gasteiger partial charge in [0.1, 0.15) is 0 Å². The Morgan fingerprint density at radius 2 is 1.62 bits per heavy atom. The van der Waals surface area contributed by atoms with Gasteiger partial charge < -0.3 is 9.47 Å². The number of nitrogens with one attached hydrogen (secondary N) is 1. The van der Waals surface area contributed by atoms with E-state index in [4.69, 9.17) is 4.98 Å². The number of amides is 2. The predicted molar refractivity (Wildman–Crippen MR) is 147 cm³/mol. The molecule has 5 rings (SSSR count). The van der Waals surface area contributed by atoms with E-state index >= 15 is 0 Å². The van der Waals surface area contributed by atoms with Crippen molar-refractivity contribution in [3.05, 3.63) is 95.6 Å². The molecule has 1 aliphatic carbocycles. The van der Waals surface area contributed by atoms with Crippen LogP contribution in [0.5, 0.6) is 0 Å². The molecule has 1 N–H and O–H groups in total. The molecule has 0 radical (unpaired) electrons. The Hall–Kier alpha value is -3.93. The van der Waals surface area contributed by atoms with E-state index in [1.165, 1.54) is 12.0 Å². The molecule has 4 aromatic rings. The van der Waals surface area contributed by atoms with E-state index in [9.17, 15) is 9.59 Å². The Labute approximate surface area is 218 Å². The van der Waals surface area contributed by atoms with E-state index in [0.29, 0.717) is 24.6 Å². The first-order chi connectivity index (χ1) is 18.1. The van der Waals surface area contributed by atoms with Crippen LogP contribution >= 0.6 is 0 Å². The summed E-state index contributed by atoms with van der Waals surface area (Å²) < 4.78 is 2.08. The normalized spacial score (nSPS) is 14.0. The smallest absolute Gasteiger partial charge is 0.257 e. The Balaban J connectivity index is 1.41. The molecule has 1 saturated carbocycles. The third-order valence-corrected chi connectivity index (χ3v) is 7.29. The number of fused-ring (bicyclic) bond motifs is 1. The van der Waals surface area contributed by atoms with Crippen LogP contribution in [0.3, 0.4) is 0 Å². The van der Waals surface area contributed by atoms with Crippen molar-refractivity contribution in [2.45, 2.75) is 51.6 Å². The van der Waals surface area contributed by atoms with Crippen molar-refractivity contribution in [1.82, 2.24) is 14.5 Å². The summed E-state index contributed by atoms with van der Waals surface area (Å²) in [4.78, 5) is 32.6. The van der Waals surface area contributed by atoms with Crippen molar-refractivity contribution in [2.75, 3.05) is 12.4 Å². The molecule has 1 aromatic heterocycles. The van der Waals surface area contributed by atoms with Crippen molar-refractivity contribution < 1.29 is 9.59 Å². The molecule has 0 atom stereocenters. The Morgan fingerprint density at radius 1 is 0.919 bits per heavy atom. The van der Waals surface area contributed by atoms with Crippen LogP contribution in [-0.2, 0) is 24.3 Å². The van der Waals surface area contributed by atoms with Gasteiger partial charge in [0, 0.05) is 31.6 Å². The van der Waals surface area contributed by atoms with Crippen molar-refractivity contribution in [3.8, 4) is 0 Å². The van der Waals surface area contributed by atoms with Crippen molar-refractivity contribution >= 4 is 28.8 Å². The number of hydrogen-bond donors (Lipinski definition) is 1. The summed E-state index contributed by atoms with van der Waals surface area (Å²) >= 11 is 0. The molecule has 0 spiro atoms. The highest BCUT2D eigenvalue weighted by Crippen LogP contribution is 2.27. The van der Waals surface area contributed by atoms with Gasteiger partial charge in [-0.2, -0.15) is 0 Å². The maximum atomic E-state index is 13.0. The van der Waals surface area contributed by atoms with Gasteiger partial charge in [0.15, 0.2) is 0 Å². The van der Waals surface area contributed by atoms with E-state index in [1.807, 2.05) is 60.5 Å². The van der Waals surface area contributed by atoms with Gasteiger partial charge in [0.2, 0.25) is 11.9 Å². The monoisotopic (exact) mass is 494 g/mol. The Morgan fingerprint density at radius 3 is 2.35 bits per heavy atom. The van der Waals surface area contributed by atoms with Crippen LogP contribution < -0.4 is 5.32 Å². The number of carbonyl (C=O) groups is 2. The van der Waals surface area contributed by atoms with Gasteiger partial charge in [-0.15, -0.1) is 0 Å². The fourth-order valence-electron chi connectivity index (χ4n) is 5.25. The molecule has 1 heterocycles. The van der Waals surface area contributed by atoms with E-state index < -0.39 is 0 Å². The number of nitrogens with zero attached hydrogens (tertiary/aromatic N) is 3. The molecular formula is C31H34N4O2. The highest BCUT2D eigenvalue weighted by Gasteiger charge is 2.24. The molecule has 0 bridgehead atoms. The lowest BCUT2D eigenvalue weighted by Gasteiger charge is -2.26. The molecule has 3 aromatic carbocycles. The lowest BCUT2D eigenvalue weighted by atomic mass is 9.88. The molecule has 6 nitrogen and oxygen atoms in total. The molecule has 6 heteroatoms. The molecule has 1 fully saturated rings. The number of carbonyl (C=O) groups excluding carboxylic acids is 2. The number of anilines is 1. The second-order valence-corrected chi connectivity index (χ2v) is 10.00. The third kappa shape index (κ3) is 5.91. The Bertz CT molecular complexity index is 1360. The molecule has 190 valence electrons. The van der Waals surface area contributed by atoms with Gasteiger partial charge in [0.25, 0.3) is 5.91 Å². The first kappa shape index (κ1) is 24.8. The predicted octanol–water partition coefficient (Wildman–Crippen LogP) is 6.07. The van der Waals surface area contributed by atoms with E-state index in [-0.39, 0.29) is 17.7 Å². The van der Waals surface area contributed by atoms with Gasteiger partial charge >= 0.3 is 0 Å². The molecule has 37 heavy (non-hydrogen) atoms. The van der Waals surface area contributed by atoms with E-state index in [1.54, 1.807) is 12.1 Å². The molecule has 0 aliphatic heterocycles. The lowest BCUT2D eigenvalue weighted by Crippen LogP contribution is -2.33. The third-order valence-electron chi connectivity index (χ3n) is 7.29. The number of aryl methyl sites for hydroxylation is 2. The quantitative estimate of drug-likeness (QED) is 0.323. The summed E-state index contributed by atoms with van der Waals surface area (Å²) in [5.41, 5.74) is 4.64. The first-order valence-corrected chi connectivity index (χ1v) is 13.2. The molecular weight excluding hydrogens is 460 g/mol. The van der Waals surface area contributed by atoms with Gasteiger partial charge in [-0.05, 0) is 54.7 Å². The van der Waals surface area contributed by atoms with Crippen LogP contribution in [0.1, 0.15) is 53.6 Å². The zero-order valence-corrected chi connectivity index (χ0v) is 21.4. The number of imidazole rings is 1. The average molecular weight is 495 g/mol. The topological polar surface area (TPSA) is 67.2 Å². The van der Waals surface area contributed by atoms with Crippen LogP contribution in [-0.4, -0.2) is 33.3 Å². The number of benzene rings is 3. The second kappa shape index (κ2) is 11.4. The van der Waals surface area contributed by atoms with Crippen LogP contribution in [0, 0.1) is 5.92 Å². The maximum Gasteiger partial charge on any atom is 0.257 e. The summed E-state index contributed by atoms with van der Waals surface area (Å²) in [6, 6.07) is 25.6. The zero-order chi connectivity index (χ0) is 25.6. The first-order valence-electron chi connectivity index (χ1n) is 13.2. The fourth-order valence-corrected chi connectivity index (χ4v) is 5.25. The summed E-state index contributed by atoms with van der Waals surface area (Å²) in [6.07, 6.45) is 6.34. The fraction of sp³-hybridized carbons (Fsp3) is 0.323. The van der Waals surface area contributed by atoms with Gasteiger partial charge in [-0.1, -0.05) is 73.9 Å². The van der Waals surface area contributed by atoms with Gasteiger partial charge in [-0.3, -0.25) is 14.9 Å². The summed E-state index contributed by atoms with van der Waals surface area (Å²) in [7, 11) is 1.90. The van der Waals surface area contributed by atoms with Gasteiger partial charge in [0.05, 0.1) is 11.0 Å². The molecule has 2 amide bonds. The maximum absolute atomic E-state index is 13.0. The van der Waals surface area contributed by atoms with E-state index in [0.717, 1.165) is 48.7 Å². The average Bonchev–Trinajstić information content (AvgIpc) is 3.28.